The van der Waals surface area contributed by atoms with Gasteiger partial charge in [0.15, 0.2) is 9.84 Å². The minimum Gasteiger partial charge on any atom is -0.465 e. The van der Waals surface area contributed by atoms with Crippen molar-refractivity contribution in [2.75, 3.05) is 125 Å². The average molecular weight is 2030 g/mol. The second kappa shape index (κ2) is 54.1. The monoisotopic (exact) mass is 2020 g/mol. The summed E-state index contributed by atoms with van der Waals surface area (Å²) in [5.41, 5.74) is 10.5. The van der Waals surface area contributed by atoms with Crippen LogP contribution in [0.15, 0.2) is 259 Å². The van der Waals surface area contributed by atoms with Crippen molar-refractivity contribution in [2.45, 2.75) is 200 Å². The average Bonchev–Trinajstić information content (AvgIpc) is 1.60. The third-order valence-corrected chi connectivity index (χ3v) is 32.0. The molecule has 0 bridgehead atoms. The number of methoxy groups -OCH3 is 1. The first-order valence-electron chi connectivity index (χ1n) is 52.3. The molecule has 9 fully saturated rings. The molecule has 0 aliphatic carbocycles. The normalized spacial score (nSPS) is 18.3. The van der Waals surface area contributed by atoms with Crippen LogP contribution in [-0.4, -0.2) is 183 Å². The van der Waals surface area contributed by atoms with Crippen LogP contribution in [0.2, 0.25) is 5.02 Å². The number of aryl methyl sites for hydroxylation is 3. The molecule has 14 aromatic rings. The van der Waals surface area contributed by atoms with Crippen molar-refractivity contribution in [3.63, 3.8) is 0 Å². The number of piperidine rings is 8. The number of halogens is 7. The number of carbonyl (C=O) groups is 1. The number of hydrogen-bond acceptors (Lipinski definition) is 17. The molecule has 9 aliphatic heterocycles. The number of fused-ring (bicyclic) bond motifs is 5. The van der Waals surface area contributed by atoms with Crippen LogP contribution >= 0.6 is 11.6 Å². The molecule has 23 rings (SSSR count). The summed E-state index contributed by atoms with van der Waals surface area (Å²) in [6.45, 7) is 20.3. The van der Waals surface area contributed by atoms with Gasteiger partial charge < -0.3 is 61.7 Å². The standard InChI is InChI=1S/C15H17N.C14H21N.C13H16ClN3O.C13H13F6N.C13H17N3.C13H16N2.C13H17NO2.C11H14N4.C10H13NO2S/c1-2-4-14-11-15(6-5-12(14)3-1)13-7-9-16-10-8-13;1-2-5-13(6-3-1)7-4-8-14-9-11-15-12-10-14;1-16-11-3-2-9(14)8-12(11)17(13(16)18)10-4-6-15-7-5-10;14-12(15,16)10-5-9(8-1-3-20-4-2-8)6-11(7-10)13(17,18)19;1-10-15-12-4-2-3-5-13(12)16(10)11-6-8-14-9-7-11;1-2-4-13-11(3-1)7-10-15(13)12-5-8-14-9-6-12;1-16-13(15)12-4-2-10(3-5-12)11-6-8-14-9-7-11;1-2-4-11-10(3-1)13-14-15(11)9-5-7-12-8-6-9;12-14(13,10-6-7-11-8-10)9-4-2-1-3-5-9/h1-6,11,13,16H,7-10H2;1-3,5-6,14-15H,4,7-12H2;2-3,8,10,15H,4-7H2,1H3;5-8,20H,1-4H2;2-5,11,14H,6-9H2,1H3;1-4,7,10,12,14H,5-6,8-9H2;2-5,11,14H,6-9H2,1H3;1-4,9,12H,5-8H2;1-5,10-11H,6-8H2. The van der Waals surface area contributed by atoms with Crippen molar-refractivity contribution in [3.05, 3.63) is 309 Å². The number of para-hydroxylation sites is 4. The molecule has 13 heterocycles. The summed E-state index contributed by atoms with van der Waals surface area (Å²) in [6, 6.07) is 79.9. The van der Waals surface area contributed by atoms with E-state index in [0.717, 1.165) is 175 Å². The highest BCUT2D eigenvalue weighted by Crippen LogP contribution is 2.41. The van der Waals surface area contributed by atoms with Gasteiger partial charge in [-0.1, -0.05) is 169 Å². The molecule has 9 N–H and O–H groups in total. The maximum Gasteiger partial charge on any atom is 0.416 e. The van der Waals surface area contributed by atoms with Crippen molar-refractivity contribution in [1.82, 2.24) is 86.1 Å². The molecule has 30 heteroatoms. The van der Waals surface area contributed by atoms with Crippen molar-refractivity contribution in [3.8, 4) is 0 Å². The molecule has 9 saturated heterocycles. The number of esters is 1. The lowest BCUT2D eigenvalue weighted by atomic mass is 9.88. The fourth-order valence-electron chi connectivity index (χ4n) is 21.4. The quantitative estimate of drug-likeness (QED) is 0.0363. The van der Waals surface area contributed by atoms with E-state index >= 15 is 0 Å². The van der Waals surface area contributed by atoms with Crippen LogP contribution in [0.25, 0.3) is 54.8 Å². The van der Waals surface area contributed by atoms with Gasteiger partial charge in [0.25, 0.3) is 0 Å². The Labute approximate surface area is 854 Å². The molecular weight excluding hydrogens is 1880 g/mol. The maximum atomic E-state index is 12.7. The topological polar surface area (TPSA) is 249 Å². The van der Waals surface area contributed by atoms with Gasteiger partial charge in [0, 0.05) is 48.5 Å². The summed E-state index contributed by atoms with van der Waals surface area (Å²) in [7, 11) is 0.120. The first kappa shape index (κ1) is 108. The Kier molecular flexibility index (Phi) is 40.4. The fraction of sp³-hybridized carbons (Fsp3) is 0.452. The van der Waals surface area contributed by atoms with Crippen LogP contribution in [0, 0.1) is 12.8 Å². The van der Waals surface area contributed by atoms with Gasteiger partial charge in [-0.15, -0.1) is 5.10 Å². The number of benzene rings is 10. The third-order valence-electron chi connectivity index (χ3n) is 29.6. The van der Waals surface area contributed by atoms with E-state index in [1.54, 1.807) is 28.8 Å². The Hall–Kier alpha value is -10.9. The molecular formula is C115H144ClF6N17O5S. The molecule has 22 nitrogen and oxygen atoms in total. The Morgan fingerprint density at radius 2 is 0.883 bits per heavy atom. The van der Waals surface area contributed by atoms with Gasteiger partial charge in [0.05, 0.1) is 67.6 Å². The minimum absolute atomic E-state index is 0.0548. The summed E-state index contributed by atoms with van der Waals surface area (Å²) in [5, 5.41) is 42.8. The van der Waals surface area contributed by atoms with Gasteiger partial charge >= 0.3 is 24.0 Å². The molecule has 10 aromatic carbocycles. The van der Waals surface area contributed by atoms with E-state index in [-0.39, 0.29) is 40.5 Å². The second-order valence-corrected chi connectivity index (χ2v) is 41.9. The predicted molar refractivity (Wildman–Crippen MR) is 573 cm³/mol. The number of nitrogens with zero attached hydrogens (tertiary/aromatic N) is 8. The number of sulfone groups is 1. The highest BCUT2D eigenvalue weighted by molar-refractivity contribution is 7.92. The van der Waals surface area contributed by atoms with Crippen LogP contribution < -0.4 is 53.5 Å². The SMILES string of the molecule is COC(=O)c1ccc(C2CCNCC2)cc1.Cc1nc2ccccc2n1C1CCNCC1.Cn1c(=O)n(C2CCNCC2)c2cc(Cl)ccc21.FC(F)(F)c1cc(C2CCNCC2)cc(C(F)(F)F)c1.O=S(=O)(c1ccccc1)C1CCNC1.c1ccc(CCCC2CCNCC2)cc1.c1ccc2c(c1)ccn2C1CCNCC1.c1ccc2c(c1)nnn2C1CCNCC1.c1ccc2cc(C3CCNCC3)ccc2c1. The minimum atomic E-state index is -4.77. The van der Waals surface area contributed by atoms with Crippen molar-refractivity contribution >= 4 is 82.2 Å². The lowest BCUT2D eigenvalue weighted by molar-refractivity contribution is -0.143. The summed E-state index contributed by atoms with van der Waals surface area (Å²) in [5.74, 6) is 2.98. The number of rotatable bonds is 14. The molecule has 145 heavy (non-hydrogen) atoms. The zero-order valence-electron chi connectivity index (χ0n) is 83.9. The number of carbonyl (C=O) groups excluding carboxylic acids is 1. The number of aromatic nitrogens is 8. The predicted octanol–water partition coefficient (Wildman–Crippen LogP) is 21.4. The van der Waals surface area contributed by atoms with E-state index in [4.69, 9.17) is 11.6 Å². The largest absolute Gasteiger partial charge is 0.465 e. The molecule has 774 valence electrons. The van der Waals surface area contributed by atoms with Gasteiger partial charge in [0.2, 0.25) is 0 Å². The fourth-order valence-corrected chi connectivity index (χ4v) is 23.3. The van der Waals surface area contributed by atoms with Crippen molar-refractivity contribution in [2.24, 2.45) is 13.0 Å². The van der Waals surface area contributed by atoms with E-state index < -0.39 is 33.3 Å². The molecule has 1 atom stereocenters. The Bertz CT molecular complexity index is 6380. The molecule has 0 saturated carbocycles. The molecule has 9 aliphatic rings. The van der Waals surface area contributed by atoms with Gasteiger partial charge in [-0.25, -0.2) is 27.7 Å². The first-order valence-corrected chi connectivity index (χ1v) is 54.3. The van der Waals surface area contributed by atoms with Gasteiger partial charge in [-0.3, -0.25) is 9.13 Å². The Morgan fingerprint density at radius 1 is 0.421 bits per heavy atom. The lowest BCUT2D eigenvalue weighted by Crippen LogP contribution is -2.34. The zero-order chi connectivity index (χ0) is 101. The summed E-state index contributed by atoms with van der Waals surface area (Å²) >= 11 is 6.05. The highest BCUT2D eigenvalue weighted by atomic mass is 35.5. The van der Waals surface area contributed by atoms with E-state index in [1.807, 2.05) is 78.3 Å². The van der Waals surface area contributed by atoms with Crippen LogP contribution in [0.1, 0.15) is 213 Å². The van der Waals surface area contributed by atoms with E-state index in [0.29, 0.717) is 72.0 Å². The highest BCUT2D eigenvalue weighted by Gasteiger charge is 2.39. The van der Waals surface area contributed by atoms with Crippen LogP contribution in [0.4, 0.5) is 26.3 Å². The lowest BCUT2D eigenvalue weighted by Gasteiger charge is -2.25. The van der Waals surface area contributed by atoms with Crippen molar-refractivity contribution in [1.29, 1.82) is 0 Å². The number of ether oxygens (including phenoxy) is 1. The van der Waals surface area contributed by atoms with Crippen molar-refractivity contribution < 1.29 is 44.3 Å². The number of alkyl halides is 6. The van der Waals surface area contributed by atoms with E-state index in [1.165, 1.54) is 148 Å². The van der Waals surface area contributed by atoms with Gasteiger partial charge in [-0.2, -0.15) is 26.3 Å². The van der Waals surface area contributed by atoms with Gasteiger partial charge in [0.1, 0.15) is 11.3 Å². The summed E-state index contributed by atoms with van der Waals surface area (Å²) < 4.78 is 116. The number of imidazole rings is 2. The molecule has 0 spiro atoms. The summed E-state index contributed by atoms with van der Waals surface area (Å²) in [4.78, 5) is 28.7. The number of nitrogens with one attached hydrogen (secondary N) is 9. The molecule has 4 aromatic heterocycles. The second-order valence-electron chi connectivity index (χ2n) is 39.3. The Morgan fingerprint density at radius 3 is 1.44 bits per heavy atom. The van der Waals surface area contributed by atoms with Gasteiger partial charge in [-0.05, 0) is 399 Å². The number of hydrogen-bond donors (Lipinski definition) is 9. The summed E-state index contributed by atoms with van der Waals surface area (Å²) in [6.07, 6.45) is 15.4. The van der Waals surface area contributed by atoms with Crippen LogP contribution in [-0.2, 0) is 40.4 Å². The van der Waals surface area contributed by atoms with E-state index in [2.05, 4.69) is 228 Å². The third kappa shape index (κ3) is 30.4. The zero-order valence-corrected chi connectivity index (χ0v) is 85.5. The Balaban J connectivity index is 0.000000123. The van der Waals surface area contributed by atoms with Crippen LogP contribution in [0.3, 0.4) is 0 Å². The molecule has 1 unspecified atom stereocenters. The molecule has 0 radical (unpaired) electrons. The van der Waals surface area contributed by atoms with E-state index in [9.17, 15) is 44.3 Å². The maximum absolute atomic E-state index is 12.7. The smallest absolute Gasteiger partial charge is 0.416 e. The first-order chi connectivity index (χ1) is 70.5. The van der Waals surface area contributed by atoms with Crippen LogP contribution in [0.5, 0.6) is 0 Å². The molecule has 0 amide bonds.